The van der Waals surface area contributed by atoms with Crippen LogP contribution in [0, 0.1) is 5.92 Å². The summed E-state index contributed by atoms with van der Waals surface area (Å²) in [5.74, 6) is -2.05. The van der Waals surface area contributed by atoms with E-state index in [1.807, 2.05) is 37.4 Å². The van der Waals surface area contributed by atoms with Gasteiger partial charge >= 0.3 is 11.9 Å². The number of carboxylic acids is 1. The molecular formula is C16H23NO4. The Morgan fingerprint density at radius 1 is 1.24 bits per heavy atom. The van der Waals surface area contributed by atoms with Gasteiger partial charge in [0.1, 0.15) is 6.61 Å². The molecule has 0 saturated carbocycles. The Morgan fingerprint density at radius 2 is 1.95 bits per heavy atom. The van der Waals surface area contributed by atoms with Crippen LogP contribution in [0.25, 0.3) is 0 Å². The number of benzene rings is 1. The maximum atomic E-state index is 11.7. The van der Waals surface area contributed by atoms with Gasteiger partial charge in [-0.05, 0) is 32.0 Å². The Morgan fingerprint density at radius 3 is 2.57 bits per heavy atom. The molecule has 0 radical (unpaired) electrons. The van der Waals surface area contributed by atoms with E-state index in [0.717, 1.165) is 24.9 Å². The van der Waals surface area contributed by atoms with E-state index in [9.17, 15) is 9.59 Å². The Hall–Kier alpha value is -1.88. The average molecular weight is 293 g/mol. The zero-order chi connectivity index (χ0) is 15.5. The maximum absolute atomic E-state index is 11.7. The SMILES string of the molecule is CNCCCC[C@H](CC(=O)OCc1ccccc1)C(=O)O. The smallest absolute Gasteiger partial charge is 0.307 e. The minimum atomic E-state index is -0.934. The average Bonchev–Trinajstić information content (AvgIpc) is 2.49. The molecule has 0 aromatic heterocycles. The molecule has 0 aliphatic heterocycles. The lowest BCUT2D eigenvalue weighted by atomic mass is 9.98. The summed E-state index contributed by atoms with van der Waals surface area (Å²) >= 11 is 0. The second kappa shape index (κ2) is 9.94. The third-order valence-electron chi connectivity index (χ3n) is 3.23. The summed E-state index contributed by atoms with van der Waals surface area (Å²) in [6, 6.07) is 9.34. The maximum Gasteiger partial charge on any atom is 0.307 e. The fourth-order valence-corrected chi connectivity index (χ4v) is 2.00. The van der Waals surface area contributed by atoms with Crippen molar-refractivity contribution in [1.82, 2.24) is 5.32 Å². The second-order valence-corrected chi connectivity index (χ2v) is 4.98. The molecule has 5 heteroatoms. The van der Waals surface area contributed by atoms with Crippen LogP contribution in [0.5, 0.6) is 0 Å². The summed E-state index contributed by atoms with van der Waals surface area (Å²) in [6.07, 6.45) is 2.11. The molecule has 0 spiro atoms. The topological polar surface area (TPSA) is 75.6 Å². The van der Waals surface area contributed by atoms with Gasteiger partial charge in [-0.3, -0.25) is 9.59 Å². The van der Waals surface area contributed by atoms with Gasteiger partial charge in [0.25, 0.3) is 0 Å². The zero-order valence-electron chi connectivity index (χ0n) is 12.4. The summed E-state index contributed by atoms with van der Waals surface area (Å²) < 4.78 is 5.12. The van der Waals surface area contributed by atoms with E-state index in [0.29, 0.717) is 6.42 Å². The molecule has 0 fully saturated rings. The van der Waals surface area contributed by atoms with Crippen LogP contribution in [0.1, 0.15) is 31.2 Å². The van der Waals surface area contributed by atoms with Crippen molar-refractivity contribution in [2.24, 2.45) is 5.92 Å². The van der Waals surface area contributed by atoms with Crippen LogP contribution in [0.2, 0.25) is 0 Å². The van der Waals surface area contributed by atoms with E-state index in [2.05, 4.69) is 5.32 Å². The van der Waals surface area contributed by atoms with Crippen molar-refractivity contribution < 1.29 is 19.4 Å². The summed E-state index contributed by atoms with van der Waals surface area (Å²) in [5.41, 5.74) is 0.895. The summed E-state index contributed by atoms with van der Waals surface area (Å²) in [6.45, 7) is 1.04. The number of rotatable bonds is 10. The molecule has 1 rings (SSSR count). The normalized spacial score (nSPS) is 11.9. The van der Waals surface area contributed by atoms with Gasteiger partial charge in [0.2, 0.25) is 0 Å². The highest BCUT2D eigenvalue weighted by Gasteiger charge is 2.21. The Balaban J connectivity index is 2.33. The van der Waals surface area contributed by atoms with Gasteiger partial charge in [-0.2, -0.15) is 0 Å². The van der Waals surface area contributed by atoms with Crippen molar-refractivity contribution >= 4 is 11.9 Å². The van der Waals surface area contributed by atoms with Crippen molar-refractivity contribution in [2.45, 2.75) is 32.3 Å². The van der Waals surface area contributed by atoms with E-state index >= 15 is 0 Å². The van der Waals surface area contributed by atoms with Crippen molar-refractivity contribution in [3.63, 3.8) is 0 Å². The molecule has 1 aromatic carbocycles. The molecule has 21 heavy (non-hydrogen) atoms. The van der Waals surface area contributed by atoms with E-state index < -0.39 is 17.9 Å². The fourth-order valence-electron chi connectivity index (χ4n) is 2.00. The van der Waals surface area contributed by atoms with Crippen molar-refractivity contribution in [2.75, 3.05) is 13.6 Å². The number of unbranched alkanes of at least 4 members (excludes halogenated alkanes) is 1. The number of hydrogen-bond acceptors (Lipinski definition) is 4. The molecule has 5 nitrogen and oxygen atoms in total. The molecule has 2 N–H and O–H groups in total. The predicted octanol–water partition coefficient (Wildman–Crippen LogP) is 2.21. The molecule has 0 aliphatic rings. The van der Waals surface area contributed by atoms with Crippen LogP contribution in [0.4, 0.5) is 0 Å². The Bertz CT molecular complexity index is 433. The Kier molecular flexibility index (Phi) is 8.12. The first-order chi connectivity index (χ1) is 10.1. The minimum Gasteiger partial charge on any atom is -0.481 e. The quantitative estimate of drug-likeness (QED) is 0.511. The van der Waals surface area contributed by atoms with Gasteiger partial charge in [0, 0.05) is 0 Å². The van der Waals surface area contributed by atoms with E-state index in [1.54, 1.807) is 0 Å². The third kappa shape index (κ3) is 7.46. The fraction of sp³-hybridized carbons (Fsp3) is 0.500. The molecular weight excluding hydrogens is 270 g/mol. The predicted molar refractivity (Wildman–Crippen MR) is 79.8 cm³/mol. The molecule has 116 valence electrons. The highest BCUT2D eigenvalue weighted by atomic mass is 16.5. The van der Waals surface area contributed by atoms with E-state index in [-0.39, 0.29) is 13.0 Å². The third-order valence-corrected chi connectivity index (χ3v) is 3.23. The van der Waals surface area contributed by atoms with E-state index in [4.69, 9.17) is 9.84 Å². The number of ether oxygens (including phenoxy) is 1. The first kappa shape index (κ1) is 17.2. The highest BCUT2D eigenvalue weighted by molar-refractivity contribution is 5.78. The lowest BCUT2D eigenvalue weighted by Crippen LogP contribution is -2.20. The monoisotopic (exact) mass is 293 g/mol. The first-order valence-corrected chi connectivity index (χ1v) is 7.20. The molecule has 0 unspecified atom stereocenters. The second-order valence-electron chi connectivity index (χ2n) is 4.98. The number of hydrogen-bond donors (Lipinski definition) is 2. The number of esters is 1. The molecule has 1 atom stereocenters. The number of aliphatic carboxylic acids is 1. The Labute approximate surface area is 125 Å². The van der Waals surface area contributed by atoms with Crippen LogP contribution < -0.4 is 5.32 Å². The summed E-state index contributed by atoms with van der Waals surface area (Å²) in [4.78, 5) is 22.9. The summed E-state index contributed by atoms with van der Waals surface area (Å²) in [7, 11) is 1.86. The highest BCUT2D eigenvalue weighted by Crippen LogP contribution is 2.14. The van der Waals surface area contributed by atoms with Gasteiger partial charge in [-0.25, -0.2) is 0 Å². The zero-order valence-corrected chi connectivity index (χ0v) is 12.4. The number of carbonyl (C=O) groups is 2. The standard InChI is InChI=1S/C16H23NO4/c1-17-10-6-5-9-14(16(19)20)11-15(18)21-12-13-7-3-2-4-8-13/h2-4,7-8,14,17H,5-6,9-12H2,1H3,(H,19,20)/t14-/m1/s1. The van der Waals surface area contributed by atoms with E-state index in [1.165, 1.54) is 0 Å². The first-order valence-electron chi connectivity index (χ1n) is 7.20. The van der Waals surface area contributed by atoms with Crippen LogP contribution in [0.3, 0.4) is 0 Å². The molecule has 0 amide bonds. The van der Waals surface area contributed by atoms with Crippen molar-refractivity contribution in [3.05, 3.63) is 35.9 Å². The van der Waals surface area contributed by atoms with Gasteiger partial charge in [0.05, 0.1) is 12.3 Å². The van der Waals surface area contributed by atoms with Gasteiger partial charge in [0.15, 0.2) is 0 Å². The lowest BCUT2D eigenvalue weighted by molar-refractivity contribution is -0.152. The molecule has 1 aromatic rings. The van der Waals surface area contributed by atoms with Crippen LogP contribution in [0.15, 0.2) is 30.3 Å². The molecule has 0 aliphatic carbocycles. The number of carbonyl (C=O) groups excluding carboxylic acids is 1. The van der Waals surface area contributed by atoms with Crippen LogP contribution in [-0.2, 0) is 20.9 Å². The molecule has 0 heterocycles. The largest absolute Gasteiger partial charge is 0.481 e. The number of carboxylic acid groups (broad SMARTS) is 1. The van der Waals surface area contributed by atoms with Crippen LogP contribution in [-0.4, -0.2) is 30.6 Å². The molecule has 0 saturated heterocycles. The van der Waals surface area contributed by atoms with Gasteiger partial charge in [-0.15, -0.1) is 0 Å². The summed E-state index contributed by atoms with van der Waals surface area (Å²) in [5, 5.41) is 12.2. The molecule has 0 bridgehead atoms. The minimum absolute atomic E-state index is 0.0677. The lowest BCUT2D eigenvalue weighted by Gasteiger charge is -2.12. The van der Waals surface area contributed by atoms with Gasteiger partial charge < -0.3 is 15.2 Å². The van der Waals surface area contributed by atoms with Gasteiger partial charge in [-0.1, -0.05) is 36.8 Å². The number of nitrogens with one attached hydrogen (secondary N) is 1. The van der Waals surface area contributed by atoms with Crippen molar-refractivity contribution in [1.29, 1.82) is 0 Å². The van der Waals surface area contributed by atoms with Crippen molar-refractivity contribution in [3.8, 4) is 0 Å². The van der Waals surface area contributed by atoms with Crippen LogP contribution >= 0.6 is 0 Å².